The average molecular weight is 286 g/mol. The van der Waals surface area contributed by atoms with Crippen molar-refractivity contribution < 1.29 is 5.11 Å². The number of anilines is 2. The molecule has 0 radical (unpaired) electrons. The third-order valence-corrected chi connectivity index (χ3v) is 3.83. The number of nitrogens with one attached hydrogen (secondary N) is 1. The topological polar surface area (TPSA) is 87.3 Å². The highest BCUT2D eigenvalue weighted by atomic mass is 35.5. The van der Waals surface area contributed by atoms with Crippen molar-refractivity contribution in [2.45, 2.75) is 25.8 Å². The third-order valence-electron chi connectivity index (χ3n) is 3.38. The minimum atomic E-state index is 0.214. The normalized spacial score (nSPS) is 17.6. The van der Waals surface area contributed by atoms with E-state index in [4.69, 9.17) is 22.4 Å². The summed E-state index contributed by atoms with van der Waals surface area (Å²) in [4.78, 5) is 10.4. The second-order valence-corrected chi connectivity index (χ2v) is 5.19. The van der Waals surface area contributed by atoms with Crippen molar-refractivity contribution in [2.24, 2.45) is 0 Å². The van der Waals surface area contributed by atoms with Gasteiger partial charge in [-0.25, -0.2) is 4.98 Å². The monoisotopic (exact) mass is 285 g/mol. The largest absolute Gasteiger partial charge is 0.395 e. The van der Waals surface area contributed by atoms with Crippen LogP contribution < -0.4 is 11.1 Å². The summed E-state index contributed by atoms with van der Waals surface area (Å²) in [6.45, 7) is 4.71. The van der Waals surface area contributed by atoms with Gasteiger partial charge in [0.25, 0.3) is 0 Å². The first kappa shape index (κ1) is 14.3. The first-order valence-corrected chi connectivity index (χ1v) is 6.87. The van der Waals surface area contributed by atoms with Crippen LogP contribution in [0.4, 0.5) is 11.8 Å². The predicted molar refractivity (Wildman–Crippen MR) is 76.4 cm³/mol. The number of aryl methyl sites for hydroxylation is 1. The Balaban J connectivity index is 1.96. The maximum absolute atomic E-state index is 8.91. The SMILES string of the molecule is Cc1nc(N)nc(NC2CCN(CCO)CC2)c1Cl. The van der Waals surface area contributed by atoms with Crippen molar-refractivity contribution in [3.63, 3.8) is 0 Å². The van der Waals surface area contributed by atoms with Crippen LogP contribution in [0.25, 0.3) is 0 Å². The van der Waals surface area contributed by atoms with Gasteiger partial charge in [0.1, 0.15) is 5.02 Å². The Morgan fingerprint density at radius 3 is 2.74 bits per heavy atom. The molecule has 1 aromatic rings. The van der Waals surface area contributed by atoms with Gasteiger partial charge in [-0.15, -0.1) is 0 Å². The minimum Gasteiger partial charge on any atom is -0.395 e. The lowest BCUT2D eigenvalue weighted by Gasteiger charge is -2.32. The molecule has 1 saturated heterocycles. The molecule has 19 heavy (non-hydrogen) atoms. The summed E-state index contributed by atoms with van der Waals surface area (Å²) in [6, 6.07) is 0.334. The molecule has 0 amide bonds. The number of β-amino-alcohol motifs (C(OH)–C–C–N with tert-alkyl or cyclic N) is 1. The molecule has 0 aromatic carbocycles. The van der Waals surface area contributed by atoms with Crippen molar-refractivity contribution in [2.75, 3.05) is 37.3 Å². The molecule has 0 saturated carbocycles. The number of nitrogen functional groups attached to an aromatic ring is 1. The first-order valence-electron chi connectivity index (χ1n) is 6.49. The highest BCUT2D eigenvalue weighted by molar-refractivity contribution is 6.33. The van der Waals surface area contributed by atoms with Gasteiger partial charge in [0, 0.05) is 25.7 Å². The fourth-order valence-corrected chi connectivity index (χ4v) is 2.45. The van der Waals surface area contributed by atoms with E-state index in [2.05, 4.69) is 20.2 Å². The van der Waals surface area contributed by atoms with Crippen molar-refractivity contribution >= 4 is 23.4 Å². The van der Waals surface area contributed by atoms with E-state index in [1.165, 1.54) is 0 Å². The van der Waals surface area contributed by atoms with E-state index in [0.717, 1.165) is 32.5 Å². The number of halogens is 1. The smallest absolute Gasteiger partial charge is 0.222 e. The summed E-state index contributed by atoms with van der Waals surface area (Å²) in [7, 11) is 0. The van der Waals surface area contributed by atoms with Crippen LogP contribution in [0.5, 0.6) is 0 Å². The van der Waals surface area contributed by atoms with Crippen LogP contribution in [-0.2, 0) is 0 Å². The fraction of sp³-hybridized carbons (Fsp3) is 0.667. The van der Waals surface area contributed by atoms with Gasteiger partial charge in [0.15, 0.2) is 5.82 Å². The van der Waals surface area contributed by atoms with Gasteiger partial charge in [-0.3, -0.25) is 0 Å². The Labute approximate surface area is 118 Å². The second kappa shape index (κ2) is 6.36. The standard InChI is InChI=1S/C12H20ClN5O/c1-8-10(13)11(17-12(14)15-8)16-9-2-4-18(5-3-9)6-7-19/h9,19H,2-7H2,1H3,(H3,14,15,16,17). The molecule has 7 heteroatoms. The number of piperidine rings is 1. The Hall–Kier alpha value is -1.11. The molecule has 0 spiro atoms. The van der Waals surface area contributed by atoms with Gasteiger partial charge in [0.05, 0.1) is 12.3 Å². The van der Waals surface area contributed by atoms with Crippen LogP contribution in [0.3, 0.4) is 0 Å². The number of nitrogens with two attached hydrogens (primary N) is 1. The average Bonchev–Trinajstić information content (AvgIpc) is 2.38. The number of hydrogen-bond acceptors (Lipinski definition) is 6. The van der Waals surface area contributed by atoms with E-state index in [1.807, 2.05) is 6.92 Å². The molecular formula is C12H20ClN5O. The molecule has 2 heterocycles. The molecular weight excluding hydrogens is 266 g/mol. The summed E-state index contributed by atoms with van der Waals surface area (Å²) in [5, 5.41) is 12.8. The van der Waals surface area contributed by atoms with E-state index < -0.39 is 0 Å². The highest BCUT2D eigenvalue weighted by Gasteiger charge is 2.20. The van der Waals surface area contributed by atoms with Gasteiger partial charge in [-0.2, -0.15) is 4.98 Å². The van der Waals surface area contributed by atoms with Crippen molar-refractivity contribution in [3.05, 3.63) is 10.7 Å². The summed E-state index contributed by atoms with van der Waals surface area (Å²) in [6.07, 6.45) is 2.00. The zero-order valence-corrected chi connectivity index (χ0v) is 11.8. The van der Waals surface area contributed by atoms with E-state index in [9.17, 15) is 0 Å². The summed E-state index contributed by atoms with van der Waals surface area (Å²) in [5.41, 5.74) is 6.33. The summed E-state index contributed by atoms with van der Waals surface area (Å²) < 4.78 is 0. The lowest BCUT2D eigenvalue weighted by atomic mass is 10.1. The Kier molecular flexibility index (Phi) is 4.79. The molecule has 0 atom stereocenters. The van der Waals surface area contributed by atoms with Crippen LogP contribution in [0, 0.1) is 6.92 Å². The molecule has 0 unspecified atom stereocenters. The highest BCUT2D eigenvalue weighted by Crippen LogP contribution is 2.25. The third kappa shape index (κ3) is 3.68. The van der Waals surface area contributed by atoms with E-state index in [-0.39, 0.29) is 12.6 Å². The zero-order valence-electron chi connectivity index (χ0n) is 11.1. The van der Waals surface area contributed by atoms with Crippen LogP contribution in [0.2, 0.25) is 5.02 Å². The lowest BCUT2D eigenvalue weighted by molar-refractivity contribution is 0.168. The quantitative estimate of drug-likeness (QED) is 0.761. The summed E-state index contributed by atoms with van der Waals surface area (Å²) in [5.74, 6) is 0.856. The van der Waals surface area contributed by atoms with Crippen molar-refractivity contribution in [1.29, 1.82) is 0 Å². The molecule has 4 N–H and O–H groups in total. The lowest BCUT2D eigenvalue weighted by Crippen LogP contribution is -2.40. The molecule has 1 aliphatic heterocycles. The Morgan fingerprint density at radius 2 is 2.11 bits per heavy atom. The Bertz CT molecular complexity index is 434. The molecule has 0 bridgehead atoms. The zero-order chi connectivity index (χ0) is 13.8. The Morgan fingerprint density at radius 1 is 1.42 bits per heavy atom. The predicted octanol–water partition coefficient (Wildman–Crippen LogP) is 0.889. The van der Waals surface area contributed by atoms with Gasteiger partial charge in [-0.05, 0) is 19.8 Å². The number of nitrogens with zero attached hydrogens (tertiary/aromatic N) is 3. The molecule has 0 aliphatic carbocycles. The maximum Gasteiger partial charge on any atom is 0.222 e. The first-order chi connectivity index (χ1) is 9.10. The fourth-order valence-electron chi connectivity index (χ4n) is 2.31. The number of aliphatic hydroxyl groups is 1. The number of rotatable bonds is 4. The molecule has 1 fully saturated rings. The van der Waals surface area contributed by atoms with Gasteiger partial charge < -0.3 is 21.1 Å². The van der Waals surface area contributed by atoms with Crippen LogP contribution >= 0.6 is 11.6 Å². The maximum atomic E-state index is 8.91. The molecule has 106 valence electrons. The van der Waals surface area contributed by atoms with Gasteiger partial charge in [-0.1, -0.05) is 11.6 Å². The molecule has 2 rings (SSSR count). The van der Waals surface area contributed by atoms with E-state index in [1.54, 1.807) is 0 Å². The van der Waals surface area contributed by atoms with Gasteiger partial charge >= 0.3 is 0 Å². The molecule has 1 aromatic heterocycles. The number of aliphatic hydroxyl groups excluding tert-OH is 1. The van der Waals surface area contributed by atoms with Crippen LogP contribution in [0.1, 0.15) is 18.5 Å². The molecule has 6 nitrogen and oxygen atoms in total. The van der Waals surface area contributed by atoms with Gasteiger partial charge in [0.2, 0.25) is 5.95 Å². The van der Waals surface area contributed by atoms with Crippen molar-refractivity contribution in [1.82, 2.24) is 14.9 Å². The summed E-state index contributed by atoms with van der Waals surface area (Å²) >= 11 is 6.18. The minimum absolute atomic E-state index is 0.214. The van der Waals surface area contributed by atoms with Crippen molar-refractivity contribution in [3.8, 4) is 0 Å². The van der Waals surface area contributed by atoms with Crippen LogP contribution in [-0.4, -0.2) is 52.3 Å². The second-order valence-electron chi connectivity index (χ2n) is 4.81. The van der Waals surface area contributed by atoms with E-state index >= 15 is 0 Å². The van der Waals surface area contributed by atoms with E-state index in [0.29, 0.717) is 22.6 Å². The number of aromatic nitrogens is 2. The number of likely N-dealkylation sites (tertiary alicyclic amines) is 1. The molecule has 1 aliphatic rings. The van der Waals surface area contributed by atoms with Crippen LogP contribution in [0.15, 0.2) is 0 Å². The number of hydrogen-bond donors (Lipinski definition) is 3.